The third-order valence-corrected chi connectivity index (χ3v) is 4.65. The number of imidazole rings is 1. The molecule has 3 rings (SSSR count). The smallest absolute Gasteiger partial charge is 0.243 e. The van der Waals surface area contributed by atoms with Crippen molar-refractivity contribution >= 4 is 23.0 Å². The highest BCUT2D eigenvalue weighted by atomic mass is 16.1. The number of rotatable bonds is 10. The zero-order chi connectivity index (χ0) is 19.6. The van der Waals surface area contributed by atoms with Crippen molar-refractivity contribution in [2.75, 3.05) is 6.54 Å². The normalized spacial score (nSPS) is 11.1. The number of amides is 1. The van der Waals surface area contributed by atoms with Crippen molar-refractivity contribution in [3.05, 3.63) is 84.7 Å². The maximum absolute atomic E-state index is 11.9. The molecular weight excluding hydrogens is 346 g/mol. The van der Waals surface area contributed by atoms with Crippen LogP contribution in [0.5, 0.6) is 0 Å². The van der Waals surface area contributed by atoms with E-state index < -0.39 is 0 Å². The monoisotopic (exact) mass is 373 g/mol. The molecule has 4 heteroatoms. The topological polar surface area (TPSA) is 46.9 Å². The molecule has 1 heterocycles. The fourth-order valence-electron chi connectivity index (χ4n) is 3.24. The maximum Gasteiger partial charge on any atom is 0.243 e. The summed E-state index contributed by atoms with van der Waals surface area (Å²) in [7, 11) is 0. The van der Waals surface area contributed by atoms with Crippen molar-refractivity contribution in [3.8, 4) is 0 Å². The first-order chi connectivity index (χ1) is 13.8. The van der Waals surface area contributed by atoms with E-state index >= 15 is 0 Å². The molecule has 144 valence electrons. The average molecular weight is 374 g/mol. The molecule has 28 heavy (non-hydrogen) atoms. The van der Waals surface area contributed by atoms with E-state index in [4.69, 9.17) is 4.98 Å². The molecule has 0 fully saturated rings. The first kappa shape index (κ1) is 19.6. The number of para-hydroxylation sites is 2. The molecule has 0 bridgehead atoms. The summed E-state index contributed by atoms with van der Waals surface area (Å²) < 4.78 is 2.23. The van der Waals surface area contributed by atoms with Crippen molar-refractivity contribution in [2.45, 2.75) is 32.2 Å². The number of allylic oxidation sites excluding steroid dienone is 1. The molecule has 1 N–H and O–H groups in total. The van der Waals surface area contributed by atoms with Gasteiger partial charge in [0.2, 0.25) is 5.91 Å². The Hall–Kier alpha value is -3.14. The molecule has 1 amide bonds. The van der Waals surface area contributed by atoms with Crippen LogP contribution in [0.3, 0.4) is 0 Å². The first-order valence-electron chi connectivity index (χ1n) is 9.84. The zero-order valence-electron chi connectivity index (χ0n) is 16.2. The van der Waals surface area contributed by atoms with Crippen LogP contribution in [0.1, 0.15) is 30.7 Å². The van der Waals surface area contributed by atoms with Gasteiger partial charge >= 0.3 is 0 Å². The quantitative estimate of drug-likeness (QED) is 0.316. The molecular formula is C24H27N3O. The van der Waals surface area contributed by atoms with Gasteiger partial charge in [-0.3, -0.25) is 4.79 Å². The van der Waals surface area contributed by atoms with Gasteiger partial charge in [-0.2, -0.15) is 0 Å². The number of carbonyl (C=O) groups is 1. The number of hydrogen-bond donors (Lipinski definition) is 1. The molecule has 3 aromatic rings. The molecule has 0 aliphatic rings. The number of carbonyl (C=O) groups excluding carboxylic acids is 1. The third kappa shape index (κ3) is 5.43. The lowest BCUT2D eigenvalue weighted by Gasteiger charge is -2.06. The largest absolute Gasteiger partial charge is 0.353 e. The van der Waals surface area contributed by atoms with Gasteiger partial charge in [0.05, 0.1) is 11.0 Å². The Bertz CT molecular complexity index is 941. The highest BCUT2D eigenvalue weighted by Gasteiger charge is 2.08. The van der Waals surface area contributed by atoms with E-state index in [1.807, 2.05) is 54.6 Å². The van der Waals surface area contributed by atoms with Gasteiger partial charge in [0.15, 0.2) is 0 Å². The standard InChI is InChI=1S/C24H27N3O/c1-2-19-27-22-14-9-8-13-21(22)26-23(27)15-7-4-10-18-25-24(28)17-16-20-11-5-3-6-12-20/h2-3,5-6,8-9,11-14,16-17H,1,4,7,10,15,18-19H2,(H,25,28)/b17-16+. The van der Waals surface area contributed by atoms with E-state index in [-0.39, 0.29) is 5.91 Å². The number of nitrogens with one attached hydrogen (secondary N) is 1. The maximum atomic E-state index is 11.9. The average Bonchev–Trinajstić information content (AvgIpc) is 3.07. The fourth-order valence-corrected chi connectivity index (χ4v) is 3.24. The van der Waals surface area contributed by atoms with Crippen LogP contribution < -0.4 is 5.32 Å². The Labute approximate surface area is 166 Å². The van der Waals surface area contributed by atoms with E-state index in [1.165, 1.54) is 0 Å². The molecule has 1 aromatic heterocycles. The second kappa shape index (κ2) is 10.3. The molecule has 0 radical (unpaired) electrons. The Morgan fingerprint density at radius 1 is 1.04 bits per heavy atom. The van der Waals surface area contributed by atoms with Gasteiger partial charge in [0, 0.05) is 25.6 Å². The van der Waals surface area contributed by atoms with E-state index in [2.05, 4.69) is 28.6 Å². The van der Waals surface area contributed by atoms with Crippen LogP contribution in [-0.2, 0) is 17.8 Å². The lowest BCUT2D eigenvalue weighted by molar-refractivity contribution is -0.116. The molecule has 4 nitrogen and oxygen atoms in total. The minimum atomic E-state index is -0.0448. The fraction of sp³-hybridized carbons (Fsp3) is 0.250. The molecule has 0 atom stereocenters. The Morgan fingerprint density at radius 3 is 2.64 bits per heavy atom. The summed E-state index contributed by atoms with van der Waals surface area (Å²) in [5, 5.41) is 2.94. The van der Waals surface area contributed by atoms with Gasteiger partial charge in [0.1, 0.15) is 5.82 Å². The van der Waals surface area contributed by atoms with E-state index in [0.717, 1.165) is 54.6 Å². The first-order valence-corrected chi connectivity index (χ1v) is 9.84. The molecule has 2 aromatic carbocycles. The van der Waals surface area contributed by atoms with Gasteiger partial charge in [0.25, 0.3) is 0 Å². The number of unbranched alkanes of at least 4 members (excludes halogenated alkanes) is 2. The second-order valence-corrected chi connectivity index (χ2v) is 6.76. The van der Waals surface area contributed by atoms with Crippen LogP contribution in [0.2, 0.25) is 0 Å². The molecule has 0 aliphatic carbocycles. The van der Waals surface area contributed by atoms with Gasteiger partial charge < -0.3 is 9.88 Å². The summed E-state index contributed by atoms with van der Waals surface area (Å²) in [6.45, 7) is 5.33. The van der Waals surface area contributed by atoms with Crippen LogP contribution in [0.25, 0.3) is 17.1 Å². The highest BCUT2D eigenvalue weighted by molar-refractivity contribution is 5.91. The van der Waals surface area contributed by atoms with Gasteiger partial charge in [-0.25, -0.2) is 4.98 Å². The van der Waals surface area contributed by atoms with Crippen LogP contribution in [0.4, 0.5) is 0 Å². The SMILES string of the molecule is C=CCn1c(CCCCCNC(=O)/C=C/c2ccccc2)nc2ccccc21. The van der Waals surface area contributed by atoms with Crippen molar-refractivity contribution in [2.24, 2.45) is 0 Å². The second-order valence-electron chi connectivity index (χ2n) is 6.76. The predicted octanol–water partition coefficient (Wildman–Crippen LogP) is 4.76. The molecule has 0 saturated carbocycles. The molecule has 0 spiro atoms. The molecule has 0 aliphatic heterocycles. The van der Waals surface area contributed by atoms with Crippen molar-refractivity contribution in [1.29, 1.82) is 0 Å². The van der Waals surface area contributed by atoms with E-state index in [9.17, 15) is 4.79 Å². The summed E-state index contributed by atoms with van der Waals surface area (Å²) >= 11 is 0. The summed E-state index contributed by atoms with van der Waals surface area (Å²) in [5.41, 5.74) is 3.23. The van der Waals surface area contributed by atoms with Gasteiger partial charge in [-0.15, -0.1) is 6.58 Å². The van der Waals surface area contributed by atoms with Gasteiger partial charge in [-0.1, -0.05) is 55.0 Å². The number of nitrogens with zero attached hydrogens (tertiary/aromatic N) is 2. The molecule has 0 unspecified atom stereocenters. The summed E-state index contributed by atoms with van der Waals surface area (Å²) in [5.74, 6) is 1.06. The van der Waals surface area contributed by atoms with Crippen molar-refractivity contribution < 1.29 is 4.79 Å². The predicted molar refractivity (Wildman–Crippen MR) is 116 cm³/mol. The summed E-state index contributed by atoms with van der Waals surface area (Å²) in [4.78, 5) is 16.6. The van der Waals surface area contributed by atoms with Crippen LogP contribution in [-0.4, -0.2) is 22.0 Å². The van der Waals surface area contributed by atoms with Crippen molar-refractivity contribution in [1.82, 2.24) is 14.9 Å². The van der Waals surface area contributed by atoms with Crippen LogP contribution in [0, 0.1) is 0 Å². The van der Waals surface area contributed by atoms with E-state index in [0.29, 0.717) is 6.54 Å². The number of hydrogen-bond acceptors (Lipinski definition) is 2. The number of benzene rings is 2. The number of aromatic nitrogens is 2. The minimum absolute atomic E-state index is 0.0448. The Balaban J connectivity index is 1.40. The van der Waals surface area contributed by atoms with Crippen LogP contribution in [0.15, 0.2) is 73.3 Å². The Kier molecular flexibility index (Phi) is 7.19. The highest BCUT2D eigenvalue weighted by Crippen LogP contribution is 2.17. The van der Waals surface area contributed by atoms with Crippen LogP contribution >= 0.6 is 0 Å². The summed E-state index contributed by atoms with van der Waals surface area (Å²) in [6.07, 6.45) is 9.34. The number of fused-ring (bicyclic) bond motifs is 1. The summed E-state index contributed by atoms with van der Waals surface area (Å²) in [6, 6.07) is 18.1. The van der Waals surface area contributed by atoms with Gasteiger partial charge in [-0.05, 0) is 36.6 Å². The third-order valence-electron chi connectivity index (χ3n) is 4.65. The molecule has 0 saturated heterocycles. The minimum Gasteiger partial charge on any atom is -0.353 e. The lowest BCUT2D eigenvalue weighted by atomic mass is 10.2. The Morgan fingerprint density at radius 2 is 1.82 bits per heavy atom. The zero-order valence-corrected chi connectivity index (χ0v) is 16.2. The lowest BCUT2D eigenvalue weighted by Crippen LogP contribution is -2.22. The van der Waals surface area contributed by atoms with E-state index in [1.54, 1.807) is 6.08 Å². The number of aryl methyl sites for hydroxylation is 1. The van der Waals surface area contributed by atoms with Crippen molar-refractivity contribution in [3.63, 3.8) is 0 Å².